The zero-order valence-corrected chi connectivity index (χ0v) is 17.6. The van der Waals surface area contributed by atoms with Crippen molar-refractivity contribution in [2.45, 2.75) is 19.5 Å². The van der Waals surface area contributed by atoms with E-state index < -0.39 is 0 Å². The van der Waals surface area contributed by atoms with Crippen molar-refractivity contribution >= 4 is 46.4 Å². The van der Waals surface area contributed by atoms with Gasteiger partial charge in [-0.25, -0.2) is 0 Å². The van der Waals surface area contributed by atoms with Gasteiger partial charge in [0.1, 0.15) is 21.5 Å². The Kier molecular flexibility index (Phi) is 6.59. The predicted molar refractivity (Wildman–Crippen MR) is 110 cm³/mol. The molecule has 0 saturated carbocycles. The summed E-state index contributed by atoms with van der Waals surface area (Å²) in [5.74, 6) is -1.09. The molecule has 2 aromatic rings. The van der Waals surface area contributed by atoms with Crippen LogP contribution in [0, 0.1) is 0 Å². The lowest BCUT2D eigenvalue weighted by molar-refractivity contribution is 0.0734. The van der Waals surface area contributed by atoms with Crippen LogP contribution in [0.2, 0.25) is 20.1 Å². The van der Waals surface area contributed by atoms with Gasteiger partial charge in [0.25, 0.3) is 0 Å². The Balaban J connectivity index is 1.74. The molecule has 4 N–H and O–H groups in total. The summed E-state index contributed by atoms with van der Waals surface area (Å²) in [5.41, 5.74) is 1.02. The highest BCUT2D eigenvalue weighted by molar-refractivity contribution is 6.38. The van der Waals surface area contributed by atoms with Crippen LogP contribution in [0.5, 0.6) is 23.0 Å². The highest BCUT2D eigenvalue weighted by Crippen LogP contribution is 2.42. The summed E-state index contributed by atoms with van der Waals surface area (Å²) in [4.78, 5) is 4.14. The van der Waals surface area contributed by atoms with E-state index in [-0.39, 0.29) is 43.1 Å². The normalized spacial score (nSPS) is 15.9. The summed E-state index contributed by atoms with van der Waals surface area (Å²) < 4.78 is 0. The van der Waals surface area contributed by atoms with Crippen LogP contribution < -0.4 is 0 Å². The van der Waals surface area contributed by atoms with Crippen LogP contribution in [0.4, 0.5) is 0 Å². The molecule has 3 rings (SSSR count). The molecule has 1 saturated heterocycles. The first-order valence-corrected chi connectivity index (χ1v) is 9.92. The molecule has 0 unspecified atom stereocenters. The van der Waals surface area contributed by atoms with Gasteiger partial charge in [-0.3, -0.25) is 9.80 Å². The highest BCUT2D eigenvalue weighted by atomic mass is 35.5. The van der Waals surface area contributed by atoms with E-state index >= 15 is 0 Å². The van der Waals surface area contributed by atoms with Crippen LogP contribution in [0.25, 0.3) is 0 Å². The van der Waals surface area contributed by atoms with Crippen LogP contribution in [-0.2, 0) is 13.1 Å². The molecule has 1 heterocycles. The number of phenols is 4. The second-order valence-electron chi connectivity index (χ2n) is 6.66. The van der Waals surface area contributed by atoms with E-state index in [1.54, 1.807) is 0 Å². The molecule has 1 aliphatic heterocycles. The Bertz CT molecular complexity index is 839. The van der Waals surface area contributed by atoms with Crippen LogP contribution in [0.15, 0.2) is 12.1 Å². The Morgan fingerprint density at radius 3 is 1.46 bits per heavy atom. The summed E-state index contributed by atoms with van der Waals surface area (Å²) in [7, 11) is 0. The van der Waals surface area contributed by atoms with Gasteiger partial charge in [0.2, 0.25) is 0 Å². The molecule has 0 radical (unpaired) electrons. The van der Waals surface area contributed by atoms with E-state index in [9.17, 15) is 20.4 Å². The van der Waals surface area contributed by atoms with Crippen molar-refractivity contribution in [1.29, 1.82) is 0 Å². The minimum Gasteiger partial charge on any atom is -0.506 e. The summed E-state index contributed by atoms with van der Waals surface area (Å²) >= 11 is 23.7. The number of hydrogen-bond acceptors (Lipinski definition) is 6. The van der Waals surface area contributed by atoms with E-state index in [2.05, 4.69) is 9.80 Å². The summed E-state index contributed by atoms with van der Waals surface area (Å²) in [5, 5.41) is 39.6. The lowest BCUT2D eigenvalue weighted by atomic mass is 10.1. The molecule has 28 heavy (non-hydrogen) atoms. The summed E-state index contributed by atoms with van der Waals surface area (Å²) in [6.07, 6.45) is 0.862. The third-order valence-corrected chi connectivity index (χ3v) is 5.92. The first kappa shape index (κ1) is 21.4. The lowest BCUT2D eigenvalue weighted by Crippen LogP contribution is -2.43. The van der Waals surface area contributed by atoms with Crippen molar-refractivity contribution in [1.82, 2.24) is 9.80 Å². The van der Waals surface area contributed by atoms with Crippen molar-refractivity contribution in [2.24, 2.45) is 0 Å². The van der Waals surface area contributed by atoms with Crippen molar-refractivity contribution in [3.8, 4) is 23.0 Å². The molecule has 1 aliphatic rings. The molecular formula is C18H18Cl4N2O4. The van der Waals surface area contributed by atoms with E-state index in [1.807, 2.05) is 0 Å². The van der Waals surface area contributed by atoms with Crippen molar-refractivity contribution < 1.29 is 20.4 Å². The first-order valence-electron chi connectivity index (χ1n) is 8.41. The van der Waals surface area contributed by atoms with Crippen LogP contribution in [-0.4, -0.2) is 50.0 Å². The van der Waals surface area contributed by atoms with Gasteiger partial charge in [-0.2, -0.15) is 0 Å². The standard InChI is InChI=1S/C18H18Cl4N2O4/c19-11-4-9(15(25)13(21)17(11)27)6-23-2-1-3-24(8-23)7-10-5-12(20)18(28)14(22)16(10)26/h4-5,25-28H,1-3,6-8H2. The molecule has 0 aliphatic carbocycles. The van der Waals surface area contributed by atoms with Crippen LogP contribution >= 0.6 is 46.4 Å². The van der Waals surface area contributed by atoms with Crippen molar-refractivity contribution in [3.05, 3.63) is 43.4 Å². The highest BCUT2D eigenvalue weighted by Gasteiger charge is 2.23. The van der Waals surface area contributed by atoms with E-state index in [1.165, 1.54) is 12.1 Å². The fourth-order valence-electron chi connectivity index (χ4n) is 3.22. The van der Waals surface area contributed by atoms with Gasteiger partial charge in [-0.15, -0.1) is 0 Å². The number of aromatic hydroxyl groups is 4. The molecule has 0 amide bonds. The maximum atomic E-state index is 10.2. The second-order valence-corrected chi connectivity index (χ2v) is 8.23. The molecule has 6 nitrogen and oxygen atoms in total. The SMILES string of the molecule is Oc1c(Cl)cc(CN2CCCN(Cc3cc(Cl)c(O)c(Cl)c3O)C2)c(O)c1Cl. The number of halogens is 4. The molecule has 10 heteroatoms. The summed E-state index contributed by atoms with van der Waals surface area (Å²) in [6, 6.07) is 2.98. The zero-order valence-electron chi connectivity index (χ0n) is 14.6. The topological polar surface area (TPSA) is 87.4 Å². The third-order valence-electron chi connectivity index (χ3n) is 4.63. The van der Waals surface area contributed by atoms with Gasteiger partial charge in [-0.05, 0) is 18.6 Å². The van der Waals surface area contributed by atoms with Gasteiger partial charge < -0.3 is 20.4 Å². The minimum absolute atomic E-state index is 0.0740. The average molecular weight is 468 g/mol. The maximum absolute atomic E-state index is 10.2. The van der Waals surface area contributed by atoms with Gasteiger partial charge in [0.05, 0.1) is 16.7 Å². The summed E-state index contributed by atoms with van der Waals surface area (Å²) in [6.45, 7) is 2.88. The molecule has 0 spiro atoms. The van der Waals surface area contributed by atoms with E-state index in [0.29, 0.717) is 30.9 Å². The molecular weight excluding hydrogens is 450 g/mol. The number of hydrogen-bond donors (Lipinski definition) is 4. The largest absolute Gasteiger partial charge is 0.506 e. The minimum atomic E-state index is -0.346. The third kappa shape index (κ3) is 4.32. The maximum Gasteiger partial charge on any atom is 0.156 e. The van der Waals surface area contributed by atoms with Gasteiger partial charge in [-0.1, -0.05) is 46.4 Å². The van der Waals surface area contributed by atoms with Crippen LogP contribution in [0.3, 0.4) is 0 Å². The zero-order chi connectivity index (χ0) is 20.6. The fourth-order valence-corrected chi connectivity index (χ4v) is 4.21. The predicted octanol–water partition coefficient (Wildman–Crippen LogP) is 4.79. The molecule has 0 aromatic heterocycles. The van der Waals surface area contributed by atoms with Gasteiger partial charge in [0.15, 0.2) is 11.5 Å². The molecule has 0 atom stereocenters. The quantitative estimate of drug-likeness (QED) is 0.517. The smallest absolute Gasteiger partial charge is 0.156 e. The Labute approximate surface area is 182 Å². The van der Waals surface area contributed by atoms with Gasteiger partial charge in [0, 0.05) is 37.3 Å². The monoisotopic (exact) mass is 466 g/mol. The molecule has 1 fully saturated rings. The number of phenolic OH excluding ortho intramolecular Hbond substituents is 4. The lowest BCUT2D eigenvalue weighted by Gasteiger charge is -2.36. The number of nitrogens with zero attached hydrogens (tertiary/aromatic N) is 2. The van der Waals surface area contributed by atoms with Crippen molar-refractivity contribution in [3.63, 3.8) is 0 Å². The Hall–Kier alpha value is -1.28. The average Bonchev–Trinajstić information content (AvgIpc) is 2.67. The number of benzene rings is 2. The Morgan fingerprint density at radius 1 is 0.679 bits per heavy atom. The molecule has 152 valence electrons. The number of rotatable bonds is 4. The van der Waals surface area contributed by atoms with Crippen LogP contribution in [0.1, 0.15) is 17.5 Å². The molecule has 0 bridgehead atoms. The van der Waals surface area contributed by atoms with Crippen molar-refractivity contribution in [2.75, 3.05) is 19.8 Å². The van der Waals surface area contributed by atoms with Gasteiger partial charge >= 0.3 is 0 Å². The molecule has 2 aromatic carbocycles. The second kappa shape index (κ2) is 8.61. The first-order chi connectivity index (χ1) is 13.2. The Morgan fingerprint density at radius 2 is 1.07 bits per heavy atom. The van der Waals surface area contributed by atoms with E-state index in [4.69, 9.17) is 46.4 Å². The van der Waals surface area contributed by atoms with E-state index in [0.717, 1.165) is 19.5 Å². The fraction of sp³-hybridized carbons (Fsp3) is 0.333.